The van der Waals surface area contributed by atoms with Crippen LogP contribution in [0.4, 0.5) is 0 Å². The third kappa shape index (κ3) is 2.42. The predicted octanol–water partition coefficient (Wildman–Crippen LogP) is -1.37. The van der Waals surface area contributed by atoms with Gasteiger partial charge in [-0.05, 0) is 6.54 Å². The molecule has 1 atom stereocenters. The summed E-state index contributed by atoms with van der Waals surface area (Å²) in [6, 6.07) is 0.552. The van der Waals surface area contributed by atoms with Gasteiger partial charge in [-0.1, -0.05) is 6.92 Å². The highest BCUT2D eigenvalue weighted by Gasteiger charge is 2.24. The zero-order valence-electron chi connectivity index (χ0n) is 7.53. The highest BCUT2D eigenvalue weighted by molar-refractivity contribution is 4.84. The second kappa shape index (κ2) is 4.77. The topological polar surface area (TPSA) is 55.7 Å². The lowest BCUT2D eigenvalue weighted by Crippen LogP contribution is -2.58. The minimum atomic E-state index is -0.592. The van der Waals surface area contributed by atoms with Crippen LogP contribution in [0.2, 0.25) is 0 Å². The average Bonchev–Trinajstić information content (AvgIpc) is 1.99. The molecule has 0 aliphatic carbocycles. The van der Waals surface area contributed by atoms with E-state index in [1.165, 1.54) is 0 Å². The molecule has 4 heteroatoms. The first-order valence-corrected chi connectivity index (χ1v) is 4.51. The summed E-state index contributed by atoms with van der Waals surface area (Å²) in [4.78, 5) is 2.19. The molecule has 0 radical (unpaired) electrons. The molecule has 0 spiro atoms. The van der Waals surface area contributed by atoms with Crippen LogP contribution in [-0.2, 0) is 0 Å². The van der Waals surface area contributed by atoms with Crippen LogP contribution in [0, 0.1) is 0 Å². The van der Waals surface area contributed by atoms with Crippen LogP contribution in [0.5, 0.6) is 0 Å². The van der Waals surface area contributed by atoms with E-state index < -0.39 is 6.10 Å². The Morgan fingerprint density at radius 1 is 1.58 bits per heavy atom. The Hall–Kier alpha value is -0.160. The molecule has 1 fully saturated rings. The molecule has 12 heavy (non-hydrogen) atoms. The summed E-state index contributed by atoms with van der Waals surface area (Å²) in [6.45, 7) is 5.46. The summed E-state index contributed by atoms with van der Waals surface area (Å²) in [6.07, 6.45) is -0.592. The van der Waals surface area contributed by atoms with Crippen molar-refractivity contribution in [3.8, 4) is 0 Å². The van der Waals surface area contributed by atoms with E-state index in [4.69, 9.17) is 5.11 Å². The van der Waals surface area contributed by atoms with Crippen LogP contribution in [-0.4, -0.2) is 60.0 Å². The van der Waals surface area contributed by atoms with E-state index in [0.29, 0.717) is 12.6 Å². The highest BCUT2D eigenvalue weighted by atomic mass is 16.3. The highest BCUT2D eigenvalue weighted by Crippen LogP contribution is 2.04. The minimum Gasteiger partial charge on any atom is -0.394 e. The summed E-state index contributed by atoms with van der Waals surface area (Å²) < 4.78 is 0. The summed E-state index contributed by atoms with van der Waals surface area (Å²) >= 11 is 0. The van der Waals surface area contributed by atoms with Crippen molar-refractivity contribution in [1.29, 1.82) is 0 Å². The van der Waals surface area contributed by atoms with E-state index in [1.54, 1.807) is 0 Å². The Morgan fingerprint density at radius 3 is 2.58 bits per heavy atom. The number of nitrogens with one attached hydrogen (secondary N) is 1. The third-order valence-electron chi connectivity index (χ3n) is 2.34. The Kier molecular flexibility index (Phi) is 3.94. The maximum atomic E-state index is 9.22. The number of likely N-dealkylation sites (N-methyl/N-ethyl adjacent to an activating group) is 1. The molecule has 4 nitrogen and oxygen atoms in total. The Balaban J connectivity index is 2.24. The fraction of sp³-hybridized carbons (Fsp3) is 1.00. The molecular formula is C8H18N2O2. The van der Waals surface area contributed by atoms with E-state index in [9.17, 15) is 5.11 Å². The fourth-order valence-electron chi connectivity index (χ4n) is 1.40. The molecule has 1 rings (SSSR count). The van der Waals surface area contributed by atoms with Crippen molar-refractivity contribution in [2.24, 2.45) is 0 Å². The summed E-state index contributed by atoms with van der Waals surface area (Å²) in [7, 11) is 0. The lowest BCUT2D eigenvalue weighted by molar-refractivity contribution is 0.0364. The number of hydrogen-bond acceptors (Lipinski definition) is 4. The molecule has 72 valence electrons. The van der Waals surface area contributed by atoms with Crippen LogP contribution in [0.1, 0.15) is 6.92 Å². The molecule has 3 N–H and O–H groups in total. The van der Waals surface area contributed by atoms with E-state index in [-0.39, 0.29) is 6.61 Å². The molecule has 1 aliphatic rings. The maximum Gasteiger partial charge on any atom is 0.0897 e. The molecule has 1 unspecified atom stereocenters. The van der Waals surface area contributed by atoms with Crippen molar-refractivity contribution in [3.63, 3.8) is 0 Å². The zero-order chi connectivity index (χ0) is 8.97. The van der Waals surface area contributed by atoms with Gasteiger partial charge in [-0.25, -0.2) is 0 Å². The molecular weight excluding hydrogens is 156 g/mol. The van der Waals surface area contributed by atoms with Crippen molar-refractivity contribution < 1.29 is 10.2 Å². The van der Waals surface area contributed by atoms with Gasteiger partial charge in [0.15, 0.2) is 0 Å². The second-order valence-electron chi connectivity index (χ2n) is 3.24. The van der Waals surface area contributed by atoms with Crippen molar-refractivity contribution >= 4 is 0 Å². The first-order chi connectivity index (χ1) is 5.77. The molecule has 0 aromatic carbocycles. The summed E-state index contributed by atoms with van der Waals surface area (Å²) in [5.41, 5.74) is 0. The maximum absolute atomic E-state index is 9.22. The molecule has 1 aliphatic heterocycles. The van der Waals surface area contributed by atoms with E-state index in [1.807, 2.05) is 0 Å². The van der Waals surface area contributed by atoms with E-state index in [0.717, 1.165) is 19.6 Å². The van der Waals surface area contributed by atoms with Gasteiger partial charge in [-0.2, -0.15) is 0 Å². The number of rotatable bonds is 5. The van der Waals surface area contributed by atoms with Gasteiger partial charge >= 0.3 is 0 Å². The SMILES string of the molecule is CCN(CC(O)CO)C1CNC1. The Bertz CT molecular complexity index is 128. The minimum absolute atomic E-state index is 0.142. The average molecular weight is 174 g/mol. The Morgan fingerprint density at radius 2 is 2.25 bits per heavy atom. The van der Waals surface area contributed by atoms with Crippen LogP contribution in [0.25, 0.3) is 0 Å². The molecule has 0 bridgehead atoms. The van der Waals surface area contributed by atoms with Gasteiger partial charge in [-0.3, -0.25) is 4.90 Å². The summed E-state index contributed by atoms with van der Waals surface area (Å²) in [5, 5.41) is 21.1. The van der Waals surface area contributed by atoms with Crippen LogP contribution >= 0.6 is 0 Å². The molecule has 0 aromatic heterocycles. The lowest BCUT2D eigenvalue weighted by Gasteiger charge is -2.38. The second-order valence-corrected chi connectivity index (χ2v) is 3.24. The molecule has 1 saturated heterocycles. The molecule has 0 amide bonds. The van der Waals surface area contributed by atoms with Crippen LogP contribution in [0.3, 0.4) is 0 Å². The van der Waals surface area contributed by atoms with Crippen molar-refractivity contribution in [2.75, 3.05) is 32.8 Å². The van der Waals surface area contributed by atoms with Crippen molar-refractivity contribution in [2.45, 2.75) is 19.1 Å². The largest absolute Gasteiger partial charge is 0.394 e. The van der Waals surface area contributed by atoms with Crippen molar-refractivity contribution in [3.05, 3.63) is 0 Å². The van der Waals surface area contributed by atoms with Gasteiger partial charge < -0.3 is 15.5 Å². The first kappa shape index (κ1) is 9.92. The van der Waals surface area contributed by atoms with Gasteiger partial charge in [0.25, 0.3) is 0 Å². The molecule has 0 aromatic rings. The van der Waals surface area contributed by atoms with E-state index in [2.05, 4.69) is 17.1 Å². The predicted molar refractivity (Wildman–Crippen MR) is 47.0 cm³/mol. The smallest absolute Gasteiger partial charge is 0.0897 e. The quantitative estimate of drug-likeness (QED) is 0.481. The molecule has 1 heterocycles. The zero-order valence-corrected chi connectivity index (χ0v) is 7.53. The van der Waals surface area contributed by atoms with Gasteiger partial charge in [0.05, 0.1) is 12.7 Å². The normalized spacial score (nSPS) is 21.0. The van der Waals surface area contributed by atoms with Gasteiger partial charge in [0, 0.05) is 25.7 Å². The van der Waals surface area contributed by atoms with Crippen LogP contribution < -0.4 is 5.32 Å². The molecule has 0 saturated carbocycles. The summed E-state index contributed by atoms with van der Waals surface area (Å²) in [5.74, 6) is 0. The van der Waals surface area contributed by atoms with E-state index >= 15 is 0 Å². The number of hydrogen-bond donors (Lipinski definition) is 3. The first-order valence-electron chi connectivity index (χ1n) is 4.51. The number of nitrogens with zero attached hydrogens (tertiary/aromatic N) is 1. The van der Waals surface area contributed by atoms with Crippen LogP contribution in [0.15, 0.2) is 0 Å². The van der Waals surface area contributed by atoms with Gasteiger partial charge in [-0.15, -0.1) is 0 Å². The number of aliphatic hydroxyl groups is 2. The van der Waals surface area contributed by atoms with Gasteiger partial charge in [0.1, 0.15) is 0 Å². The fourth-order valence-corrected chi connectivity index (χ4v) is 1.40. The monoisotopic (exact) mass is 174 g/mol. The lowest BCUT2D eigenvalue weighted by atomic mass is 10.1. The third-order valence-corrected chi connectivity index (χ3v) is 2.34. The number of aliphatic hydroxyl groups excluding tert-OH is 2. The van der Waals surface area contributed by atoms with Gasteiger partial charge in [0.2, 0.25) is 0 Å². The Labute approximate surface area is 73.2 Å². The standard InChI is InChI=1S/C8H18N2O2/c1-2-10(5-8(12)6-11)7-3-9-4-7/h7-9,11-12H,2-6H2,1H3. The van der Waals surface area contributed by atoms with Crippen molar-refractivity contribution in [1.82, 2.24) is 10.2 Å².